The fourth-order valence-corrected chi connectivity index (χ4v) is 7.60. The van der Waals surface area contributed by atoms with Crippen molar-refractivity contribution in [3.8, 4) is 0 Å². The van der Waals surface area contributed by atoms with Crippen LogP contribution in [0.4, 0.5) is 20.6 Å². The Hall–Kier alpha value is -7.23. The van der Waals surface area contributed by atoms with Gasteiger partial charge in [0.25, 0.3) is 0 Å². The summed E-state index contributed by atoms with van der Waals surface area (Å²) >= 11 is 0. The van der Waals surface area contributed by atoms with E-state index >= 15 is 4.39 Å². The van der Waals surface area contributed by atoms with Gasteiger partial charge in [0.15, 0.2) is 0 Å². The van der Waals surface area contributed by atoms with Crippen molar-refractivity contribution >= 4 is 76.6 Å². The number of aryl methyl sites for hydroxylation is 1. The molecule has 3 atom stereocenters. The number of carboxylic acid groups (broad SMARTS) is 1. The topological polar surface area (TPSA) is 281 Å². The summed E-state index contributed by atoms with van der Waals surface area (Å²) in [6.07, 6.45) is 0.446. The zero-order valence-corrected chi connectivity index (χ0v) is 41.4. The summed E-state index contributed by atoms with van der Waals surface area (Å²) in [5, 5.41) is 20.1. The molecule has 2 heterocycles. The highest BCUT2D eigenvalue weighted by Gasteiger charge is 2.33. The minimum atomic E-state index is -1.40. The van der Waals surface area contributed by atoms with E-state index in [0.717, 1.165) is 10.6 Å². The fourth-order valence-electron chi connectivity index (χ4n) is 7.60. The van der Waals surface area contributed by atoms with Crippen LogP contribution in [0.3, 0.4) is 0 Å². The lowest BCUT2D eigenvalue weighted by Gasteiger charge is -2.35. The minimum absolute atomic E-state index is 0.0192. The number of nitrogens with zero attached hydrogens (tertiary/aromatic N) is 4. The van der Waals surface area contributed by atoms with Gasteiger partial charge in [-0.15, -0.1) is 0 Å². The molecule has 0 bridgehead atoms. The molecule has 2 aromatic carbocycles. The molecule has 1 saturated heterocycles. The minimum Gasteiger partial charge on any atom is -0.477 e. The third-order valence-electron chi connectivity index (χ3n) is 11.4. The number of carbonyl (C=O) groups is 8. The molecule has 71 heavy (non-hydrogen) atoms. The Morgan fingerprint density at radius 1 is 0.887 bits per heavy atom. The summed E-state index contributed by atoms with van der Waals surface area (Å²) < 4.78 is 29.0. The fraction of sp³-hybridized carbons (Fsp3) is 0.510. The number of piperazine rings is 1. The maximum atomic E-state index is 15.4. The third kappa shape index (κ3) is 16.4. The van der Waals surface area contributed by atoms with E-state index in [9.17, 15) is 48.3 Å². The summed E-state index contributed by atoms with van der Waals surface area (Å²) in [6, 6.07) is 5.45. The summed E-state index contributed by atoms with van der Waals surface area (Å²) in [5.74, 6) is -6.07. The molecule has 386 valence electrons. The summed E-state index contributed by atoms with van der Waals surface area (Å²) in [7, 11) is 1.49. The molecule has 0 spiro atoms. The number of ether oxygens (including phenoxy) is 2. The Kier molecular flexibility index (Phi) is 20.3. The number of benzene rings is 2. The average molecular weight is 993 g/mol. The molecular weight excluding hydrogens is 926 g/mol. The second-order valence-electron chi connectivity index (χ2n) is 18.6. The Bertz CT molecular complexity index is 2530. The van der Waals surface area contributed by atoms with Gasteiger partial charge in [-0.05, 0) is 89.2 Å². The van der Waals surface area contributed by atoms with E-state index in [1.165, 1.54) is 24.2 Å². The Labute approximate surface area is 411 Å². The number of carboxylic acids is 1. The highest BCUT2D eigenvalue weighted by molar-refractivity contribution is 5.99. The van der Waals surface area contributed by atoms with Crippen LogP contribution < -0.4 is 37.3 Å². The monoisotopic (exact) mass is 992 g/mol. The van der Waals surface area contributed by atoms with Crippen molar-refractivity contribution in [3.63, 3.8) is 0 Å². The van der Waals surface area contributed by atoms with Gasteiger partial charge in [-0.2, -0.15) is 4.58 Å². The largest absolute Gasteiger partial charge is 0.477 e. The number of aromatic nitrogens is 1. The molecule has 22 heteroatoms. The quantitative estimate of drug-likeness (QED) is 0.0480. The maximum absolute atomic E-state index is 15.4. The molecule has 1 fully saturated rings. The van der Waals surface area contributed by atoms with Crippen molar-refractivity contribution in [2.24, 2.45) is 11.7 Å². The lowest BCUT2D eigenvalue weighted by molar-refractivity contribution is -0.410. The van der Waals surface area contributed by atoms with Gasteiger partial charge in [-0.1, -0.05) is 26.0 Å². The van der Waals surface area contributed by atoms with Crippen LogP contribution in [0.2, 0.25) is 0 Å². The third-order valence-corrected chi connectivity index (χ3v) is 11.4. The summed E-state index contributed by atoms with van der Waals surface area (Å²) in [5.41, 5.74) is 5.37. The van der Waals surface area contributed by atoms with Crippen LogP contribution in [-0.2, 0) is 51.4 Å². The number of anilines is 2. The molecule has 0 unspecified atom stereocenters. The number of aromatic carboxylic acids is 1. The standard InChI is InChI=1S/C49H66FN9O12/c1-9-57-27-33(47(67)68)43(63)32-25-34(50)38(26-37(32)57)58-21-23-59(24-22-58)48(69)70-28-30-13-15-31(16-14-30)52-44(64)36(19-20-51)54-46(66)42(29(2)3)55-45(65)35(17-18-41(62)71-49(4,5)6)53-39(60)11-10-12-40(61)56(7)8/h13-16,25-27,29,35-36,42H,7,9-12,17-24,28,51H2,1-6,8H3,(H4-,52,53,54,55,60,64,65,66,67,68)/p+1/t35-,36-,42-/m0/s1. The Morgan fingerprint density at radius 3 is 2.11 bits per heavy atom. The van der Waals surface area contributed by atoms with E-state index in [4.69, 9.17) is 15.2 Å². The number of hydrogen-bond acceptors (Lipinski definition) is 13. The normalized spacial score (nSPS) is 13.9. The van der Waals surface area contributed by atoms with Crippen LogP contribution in [0.1, 0.15) is 96.0 Å². The smallest absolute Gasteiger partial charge is 0.410 e. The molecule has 1 aliphatic heterocycles. The van der Waals surface area contributed by atoms with E-state index in [1.807, 2.05) is 0 Å². The lowest BCUT2D eigenvalue weighted by Crippen LogP contribution is -2.58. The van der Waals surface area contributed by atoms with E-state index < -0.39 is 88.1 Å². The summed E-state index contributed by atoms with van der Waals surface area (Å²) in [4.78, 5) is 119. The number of rotatable bonds is 22. The molecule has 0 saturated carbocycles. The number of amides is 6. The zero-order chi connectivity index (χ0) is 52.7. The second kappa shape index (κ2) is 25.6. The van der Waals surface area contributed by atoms with Crippen molar-refractivity contribution in [2.45, 2.75) is 117 Å². The lowest BCUT2D eigenvalue weighted by atomic mass is 10.0. The van der Waals surface area contributed by atoms with Crippen molar-refractivity contribution in [1.29, 1.82) is 0 Å². The number of nitrogens with two attached hydrogens (primary N) is 1. The highest BCUT2D eigenvalue weighted by atomic mass is 19.1. The first-order valence-corrected chi connectivity index (χ1v) is 23.5. The molecule has 21 nitrogen and oxygen atoms in total. The van der Waals surface area contributed by atoms with Crippen LogP contribution in [0.15, 0.2) is 47.4 Å². The van der Waals surface area contributed by atoms with Crippen LogP contribution in [0, 0.1) is 11.7 Å². The number of nitrogens with one attached hydrogen (secondary N) is 4. The van der Waals surface area contributed by atoms with Gasteiger partial charge in [-0.3, -0.25) is 28.8 Å². The van der Waals surface area contributed by atoms with Crippen molar-refractivity contribution in [3.05, 3.63) is 69.8 Å². The average Bonchev–Trinajstić information content (AvgIpc) is 3.30. The van der Waals surface area contributed by atoms with Gasteiger partial charge in [0.2, 0.25) is 29.1 Å². The second-order valence-corrected chi connectivity index (χ2v) is 18.6. The van der Waals surface area contributed by atoms with Crippen molar-refractivity contribution < 1.29 is 61.9 Å². The number of pyridine rings is 1. The van der Waals surface area contributed by atoms with Gasteiger partial charge in [0.1, 0.15) is 55.5 Å². The SMILES string of the molecule is C=[N+](C)C(=O)CCCC(=O)N[C@@H](CCC(=O)OC(C)(C)C)C(=O)N[C@H](C(=O)N[C@@H](CCN)C(=O)Nc1ccc(COC(=O)N2CCN(c3cc4c(cc3F)c(=O)c(C(=O)O)cn4CC)CC2)cc1)C(C)C. The first kappa shape index (κ1) is 56.4. The molecule has 4 rings (SSSR count). The first-order chi connectivity index (χ1) is 33.4. The van der Waals surface area contributed by atoms with Crippen LogP contribution >= 0.6 is 0 Å². The number of esters is 1. The van der Waals surface area contributed by atoms with Crippen molar-refractivity contribution in [2.75, 3.05) is 50.0 Å². The van der Waals surface area contributed by atoms with Gasteiger partial charge in [0, 0.05) is 62.8 Å². The van der Waals surface area contributed by atoms with E-state index in [-0.39, 0.29) is 94.8 Å². The predicted octanol–water partition coefficient (Wildman–Crippen LogP) is 2.88. The van der Waals surface area contributed by atoms with Crippen LogP contribution in [0.5, 0.6) is 0 Å². The molecule has 7 N–H and O–H groups in total. The highest BCUT2D eigenvalue weighted by Crippen LogP contribution is 2.27. The van der Waals surface area contributed by atoms with E-state index in [1.54, 1.807) is 75.3 Å². The molecule has 0 aliphatic carbocycles. The number of fused-ring (bicyclic) bond motifs is 1. The number of hydrogen-bond donors (Lipinski definition) is 6. The molecule has 1 aromatic heterocycles. The van der Waals surface area contributed by atoms with E-state index in [2.05, 4.69) is 28.0 Å². The molecule has 3 aromatic rings. The molecular formula is C49H67FN9O12+. The van der Waals surface area contributed by atoms with Gasteiger partial charge in [0.05, 0.1) is 17.6 Å². The predicted molar refractivity (Wildman–Crippen MR) is 261 cm³/mol. The van der Waals surface area contributed by atoms with E-state index in [0.29, 0.717) is 23.3 Å². The summed E-state index contributed by atoms with van der Waals surface area (Å²) in [6.45, 7) is 14.9. The van der Waals surface area contributed by atoms with Crippen molar-refractivity contribution in [1.82, 2.24) is 25.4 Å². The van der Waals surface area contributed by atoms with Crippen LogP contribution in [-0.4, -0.2) is 137 Å². The van der Waals surface area contributed by atoms with Gasteiger partial charge >= 0.3 is 23.9 Å². The molecule has 0 radical (unpaired) electrons. The maximum Gasteiger partial charge on any atom is 0.410 e. The van der Waals surface area contributed by atoms with Crippen LogP contribution in [0.25, 0.3) is 10.9 Å². The molecule has 1 aliphatic rings. The zero-order valence-electron chi connectivity index (χ0n) is 41.4. The number of halogens is 1. The van der Waals surface area contributed by atoms with Gasteiger partial charge < -0.3 is 55.9 Å². The molecule has 6 amide bonds. The Morgan fingerprint density at radius 2 is 1.54 bits per heavy atom. The van der Waals surface area contributed by atoms with Gasteiger partial charge in [-0.25, -0.2) is 18.8 Å². The number of carbonyl (C=O) groups excluding carboxylic acids is 7. The Balaban J connectivity index is 1.32. The first-order valence-electron chi connectivity index (χ1n) is 23.5.